The molecule has 0 aliphatic carbocycles. The number of benzene rings is 1. The van der Waals surface area contributed by atoms with E-state index < -0.39 is 5.97 Å². The highest BCUT2D eigenvalue weighted by Crippen LogP contribution is 2.26. The van der Waals surface area contributed by atoms with Crippen molar-refractivity contribution < 1.29 is 9.90 Å². The van der Waals surface area contributed by atoms with Crippen LogP contribution in [-0.2, 0) is 13.0 Å². The number of carboxylic acids is 1. The first-order valence-electron chi connectivity index (χ1n) is 6.64. The second-order valence-electron chi connectivity index (χ2n) is 4.82. The second-order valence-corrected chi connectivity index (χ2v) is 4.82. The molecule has 0 amide bonds. The van der Waals surface area contributed by atoms with E-state index in [4.69, 9.17) is 5.73 Å². The van der Waals surface area contributed by atoms with Gasteiger partial charge in [0, 0.05) is 23.6 Å². The quantitative estimate of drug-likeness (QED) is 0.868. The van der Waals surface area contributed by atoms with E-state index in [0.29, 0.717) is 12.1 Å². The maximum Gasteiger partial charge on any atom is 0.335 e. The number of rotatable bonds is 5. The van der Waals surface area contributed by atoms with Crippen molar-refractivity contribution in [2.24, 2.45) is 5.73 Å². The van der Waals surface area contributed by atoms with Gasteiger partial charge in [0.15, 0.2) is 0 Å². The molecular formula is C15H20N2O2. The van der Waals surface area contributed by atoms with Crippen LogP contribution in [0.25, 0.3) is 10.9 Å². The Balaban J connectivity index is 2.63. The Kier molecular flexibility index (Phi) is 3.90. The summed E-state index contributed by atoms with van der Waals surface area (Å²) in [4.78, 5) is 11.2. The molecule has 0 saturated heterocycles. The average molecular weight is 260 g/mol. The average Bonchev–Trinajstić information content (AvgIpc) is 2.72. The first kappa shape index (κ1) is 13.6. The SMILES string of the molecule is CCn1cc(CCCN)c2cc(C(=O)O)c(C)cc21. The van der Waals surface area contributed by atoms with Crippen LogP contribution in [0.15, 0.2) is 18.3 Å². The van der Waals surface area contributed by atoms with Crippen molar-refractivity contribution in [2.45, 2.75) is 33.2 Å². The van der Waals surface area contributed by atoms with Gasteiger partial charge in [-0.1, -0.05) is 0 Å². The Morgan fingerprint density at radius 3 is 2.74 bits per heavy atom. The first-order valence-corrected chi connectivity index (χ1v) is 6.64. The number of aryl methyl sites for hydroxylation is 3. The first-order chi connectivity index (χ1) is 9.08. The summed E-state index contributed by atoms with van der Waals surface area (Å²) in [7, 11) is 0. The van der Waals surface area contributed by atoms with Gasteiger partial charge in [-0.3, -0.25) is 0 Å². The summed E-state index contributed by atoms with van der Waals surface area (Å²) in [6, 6.07) is 3.76. The van der Waals surface area contributed by atoms with Gasteiger partial charge >= 0.3 is 5.97 Å². The minimum atomic E-state index is -0.867. The van der Waals surface area contributed by atoms with E-state index in [1.807, 2.05) is 13.0 Å². The Morgan fingerprint density at radius 2 is 2.16 bits per heavy atom. The van der Waals surface area contributed by atoms with E-state index in [-0.39, 0.29) is 0 Å². The Bertz CT molecular complexity index is 614. The molecule has 3 N–H and O–H groups in total. The van der Waals surface area contributed by atoms with Crippen molar-refractivity contribution in [3.05, 3.63) is 35.0 Å². The third kappa shape index (κ3) is 2.49. The van der Waals surface area contributed by atoms with E-state index >= 15 is 0 Å². The van der Waals surface area contributed by atoms with Crippen LogP contribution in [0.2, 0.25) is 0 Å². The minimum Gasteiger partial charge on any atom is -0.478 e. The lowest BCUT2D eigenvalue weighted by atomic mass is 10.0. The molecule has 0 spiro atoms. The highest BCUT2D eigenvalue weighted by molar-refractivity contribution is 5.96. The maximum atomic E-state index is 11.2. The number of nitrogens with zero attached hydrogens (tertiary/aromatic N) is 1. The van der Waals surface area contributed by atoms with Crippen molar-refractivity contribution in [3.8, 4) is 0 Å². The molecule has 1 aromatic carbocycles. The number of nitrogens with two attached hydrogens (primary N) is 1. The summed E-state index contributed by atoms with van der Waals surface area (Å²) in [6.07, 6.45) is 3.92. The Hall–Kier alpha value is -1.81. The van der Waals surface area contributed by atoms with Gasteiger partial charge in [0.1, 0.15) is 0 Å². The minimum absolute atomic E-state index is 0.385. The van der Waals surface area contributed by atoms with Gasteiger partial charge in [-0.15, -0.1) is 0 Å². The number of hydrogen-bond donors (Lipinski definition) is 2. The predicted molar refractivity (Wildman–Crippen MR) is 76.7 cm³/mol. The fourth-order valence-corrected chi connectivity index (χ4v) is 2.50. The molecule has 2 aromatic rings. The standard InChI is InChI=1S/C15H20N2O2/c1-3-17-9-11(5-4-6-16)13-8-12(15(18)19)10(2)7-14(13)17/h7-9H,3-6,16H2,1-2H3,(H,18,19). The summed E-state index contributed by atoms with van der Waals surface area (Å²) >= 11 is 0. The van der Waals surface area contributed by atoms with Crippen LogP contribution in [-0.4, -0.2) is 22.2 Å². The molecule has 0 atom stereocenters. The van der Waals surface area contributed by atoms with Crippen molar-refractivity contribution >= 4 is 16.9 Å². The van der Waals surface area contributed by atoms with Crippen LogP contribution in [0.4, 0.5) is 0 Å². The molecule has 0 fully saturated rings. The number of carboxylic acid groups (broad SMARTS) is 1. The molecule has 1 heterocycles. The molecule has 4 heteroatoms. The topological polar surface area (TPSA) is 68.2 Å². The fourth-order valence-electron chi connectivity index (χ4n) is 2.50. The molecular weight excluding hydrogens is 240 g/mol. The summed E-state index contributed by atoms with van der Waals surface area (Å²) in [5.41, 5.74) is 9.04. The van der Waals surface area contributed by atoms with E-state index in [2.05, 4.69) is 17.7 Å². The molecule has 0 saturated carbocycles. The van der Waals surface area contributed by atoms with E-state index in [0.717, 1.165) is 35.9 Å². The largest absolute Gasteiger partial charge is 0.478 e. The van der Waals surface area contributed by atoms with E-state index in [1.165, 1.54) is 5.56 Å². The summed E-state index contributed by atoms with van der Waals surface area (Å²) < 4.78 is 2.17. The van der Waals surface area contributed by atoms with Gasteiger partial charge in [-0.25, -0.2) is 4.79 Å². The van der Waals surface area contributed by atoms with Gasteiger partial charge < -0.3 is 15.4 Å². The third-order valence-corrected chi connectivity index (χ3v) is 3.53. The third-order valence-electron chi connectivity index (χ3n) is 3.53. The number of hydrogen-bond acceptors (Lipinski definition) is 2. The zero-order valence-corrected chi connectivity index (χ0v) is 11.4. The van der Waals surface area contributed by atoms with Gasteiger partial charge in [0.25, 0.3) is 0 Å². The summed E-state index contributed by atoms with van der Waals surface area (Å²) in [6.45, 7) is 5.46. The van der Waals surface area contributed by atoms with Gasteiger partial charge in [-0.2, -0.15) is 0 Å². The van der Waals surface area contributed by atoms with Crippen molar-refractivity contribution in [1.29, 1.82) is 0 Å². The molecule has 2 rings (SSSR count). The fraction of sp³-hybridized carbons (Fsp3) is 0.400. The summed E-state index contributed by atoms with van der Waals surface area (Å²) in [5.74, 6) is -0.867. The molecule has 0 aliphatic rings. The lowest BCUT2D eigenvalue weighted by Crippen LogP contribution is -2.01. The van der Waals surface area contributed by atoms with Crippen LogP contribution in [0.1, 0.15) is 34.8 Å². The predicted octanol–water partition coefficient (Wildman–Crippen LogP) is 2.56. The molecule has 0 aliphatic heterocycles. The van der Waals surface area contributed by atoms with Gasteiger partial charge in [-0.05, 0) is 56.5 Å². The number of carbonyl (C=O) groups is 1. The van der Waals surface area contributed by atoms with Crippen LogP contribution in [0.5, 0.6) is 0 Å². The molecule has 4 nitrogen and oxygen atoms in total. The monoisotopic (exact) mass is 260 g/mol. The van der Waals surface area contributed by atoms with E-state index in [9.17, 15) is 9.90 Å². The molecule has 19 heavy (non-hydrogen) atoms. The number of fused-ring (bicyclic) bond motifs is 1. The number of aromatic carboxylic acids is 1. The summed E-state index contributed by atoms with van der Waals surface area (Å²) in [5, 5.41) is 10.3. The molecule has 0 bridgehead atoms. The lowest BCUT2D eigenvalue weighted by Gasteiger charge is -2.05. The van der Waals surface area contributed by atoms with Gasteiger partial charge in [0.05, 0.1) is 5.56 Å². The Labute approximate surface area is 112 Å². The van der Waals surface area contributed by atoms with Crippen molar-refractivity contribution in [1.82, 2.24) is 4.57 Å². The molecule has 0 unspecified atom stereocenters. The highest BCUT2D eigenvalue weighted by Gasteiger charge is 2.13. The van der Waals surface area contributed by atoms with Crippen molar-refractivity contribution in [3.63, 3.8) is 0 Å². The van der Waals surface area contributed by atoms with Crippen LogP contribution >= 0.6 is 0 Å². The smallest absolute Gasteiger partial charge is 0.335 e. The maximum absolute atomic E-state index is 11.2. The Morgan fingerprint density at radius 1 is 1.42 bits per heavy atom. The van der Waals surface area contributed by atoms with Crippen molar-refractivity contribution in [2.75, 3.05) is 6.54 Å². The molecule has 0 radical (unpaired) electrons. The lowest BCUT2D eigenvalue weighted by molar-refractivity contribution is 0.0696. The van der Waals surface area contributed by atoms with Crippen LogP contribution in [0.3, 0.4) is 0 Å². The molecule has 1 aromatic heterocycles. The zero-order valence-electron chi connectivity index (χ0n) is 11.4. The van der Waals surface area contributed by atoms with Crippen LogP contribution in [0, 0.1) is 6.92 Å². The molecule has 102 valence electrons. The van der Waals surface area contributed by atoms with Gasteiger partial charge in [0.2, 0.25) is 0 Å². The number of aromatic nitrogens is 1. The zero-order chi connectivity index (χ0) is 14.0. The second kappa shape index (κ2) is 5.45. The highest BCUT2D eigenvalue weighted by atomic mass is 16.4. The van der Waals surface area contributed by atoms with E-state index in [1.54, 1.807) is 6.07 Å². The van der Waals surface area contributed by atoms with Crippen LogP contribution < -0.4 is 5.73 Å². The normalized spacial score (nSPS) is 11.1.